The number of aliphatic hydroxyl groups is 6. The van der Waals surface area contributed by atoms with Crippen LogP contribution in [0.5, 0.6) is 0 Å². The van der Waals surface area contributed by atoms with Crippen LogP contribution >= 0.6 is 0 Å². The van der Waals surface area contributed by atoms with Crippen molar-refractivity contribution in [2.75, 3.05) is 6.54 Å². The van der Waals surface area contributed by atoms with Crippen molar-refractivity contribution < 1.29 is 49.6 Å². The first-order chi connectivity index (χ1) is 15.9. The van der Waals surface area contributed by atoms with Crippen LogP contribution in [0.25, 0.3) is 0 Å². The SMILES string of the molecule is C[C@@H](O)C1OC(OC2C(N)CC(N)C(O)C2OC2OC(CNC(=N)N)C(O)C2O)[C@H](O)N[C@@H]1O. The molecule has 0 radical (unpaired) electrons. The fraction of sp³-hybridized carbons (Fsp3) is 0.944. The third kappa shape index (κ3) is 5.93. The van der Waals surface area contributed by atoms with E-state index in [-0.39, 0.29) is 18.9 Å². The van der Waals surface area contributed by atoms with Gasteiger partial charge in [-0.3, -0.25) is 10.7 Å². The molecule has 16 nitrogen and oxygen atoms in total. The van der Waals surface area contributed by atoms with Crippen LogP contribution in [0.4, 0.5) is 0 Å². The molecule has 3 fully saturated rings. The number of nitrogens with two attached hydrogens (primary N) is 3. The highest BCUT2D eigenvalue weighted by molar-refractivity contribution is 5.74. The van der Waals surface area contributed by atoms with Crippen molar-refractivity contribution in [3.8, 4) is 0 Å². The topological polar surface area (TPSA) is 284 Å². The lowest BCUT2D eigenvalue weighted by Crippen LogP contribution is -2.67. The van der Waals surface area contributed by atoms with Crippen LogP contribution in [0.2, 0.25) is 0 Å². The molecule has 0 spiro atoms. The van der Waals surface area contributed by atoms with E-state index >= 15 is 0 Å². The first-order valence-electron chi connectivity index (χ1n) is 11.0. The Bertz CT molecular complexity index is 694. The lowest BCUT2D eigenvalue weighted by atomic mass is 9.84. The molecule has 0 aromatic carbocycles. The highest BCUT2D eigenvalue weighted by atomic mass is 16.7. The van der Waals surface area contributed by atoms with Crippen molar-refractivity contribution in [2.45, 2.75) is 99.3 Å². The molecular formula is C18H36N6O10. The summed E-state index contributed by atoms with van der Waals surface area (Å²) < 4.78 is 22.6. The number of rotatable bonds is 7. The summed E-state index contributed by atoms with van der Waals surface area (Å²) in [5.41, 5.74) is 17.4. The highest BCUT2D eigenvalue weighted by Crippen LogP contribution is 2.31. The molecule has 198 valence electrons. The summed E-state index contributed by atoms with van der Waals surface area (Å²) in [4.78, 5) is 0. The standard InChI is InChI=1S/C18H36N6O10/c1-4(25)11-14(29)24-15(30)17(32-11)33-12-6(20)2-5(19)8(26)13(12)34-16-10(28)9(27)7(31-16)3-23-18(21)22/h4-17,24-30H,2-3,19-20H2,1H3,(H4,21,22,23)/t4-,5?,6?,7?,8?,9?,10?,11?,12?,13?,14-,15+,16?,17?/m1/s1. The second kappa shape index (κ2) is 11.2. The maximum atomic E-state index is 10.7. The van der Waals surface area contributed by atoms with E-state index in [0.717, 1.165) is 0 Å². The van der Waals surface area contributed by atoms with Gasteiger partial charge in [0.15, 0.2) is 24.8 Å². The lowest BCUT2D eigenvalue weighted by molar-refractivity contribution is -0.327. The number of aliphatic hydroxyl groups excluding tert-OH is 6. The molecule has 15 N–H and O–H groups in total. The number of ether oxygens (including phenoxy) is 4. The predicted octanol–water partition coefficient (Wildman–Crippen LogP) is -6.56. The molecule has 11 unspecified atom stereocenters. The first-order valence-corrected chi connectivity index (χ1v) is 11.0. The molecular weight excluding hydrogens is 460 g/mol. The van der Waals surface area contributed by atoms with Gasteiger partial charge in [-0.25, -0.2) is 0 Å². The van der Waals surface area contributed by atoms with E-state index in [1.54, 1.807) is 0 Å². The summed E-state index contributed by atoms with van der Waals surface area (Å²) in [5, 5.41) is 73.5. The van der Waals surface area contributed by atoms with Crippen molar-refractivity contribution in [3.05, 3.63) is 0 Å². The Morgan fingerprint density at radius 2 is 1.65 bits per heavy atom. The molecule has 14 atom stereocenters. The average Bonchev–Trinajstić information content (AvgIpc) is 3.01. The van der Waals surface area contributed by atoms with Crippen molar-refractivity contribution >= 4 is 5.96 Å². The zero-order valence-corrected chi connectivity index (χ0v) is 18.5. The van der Waals surface area contributed by atoms with Gasteiger partial charge in [0, 0.05) is 18.6 Å². The van der Waals surface area contributed by atoms with Gasteiger partial charge in [-0.15, -0.1) is 0 Å². The van der Waals surface area contributed by atoms with Gasteiger partial charge in [-0.05, 0) is 13.3 Å². The minimum Gasteiger partial charge on any atom is -0.391 e. The zero-order valence-electron chi connectivity index (χ0n) is 18.5. The van der Waals surface area contributed by atoms with E-state index < -0.39 is 86.0 Å². The normalized spacial score (nSPS) is 48.4. The smallest absolute Gasteiger partial charge is 0.198 e. The molecule has 0 aromatic rings. The Balaban J connectivity index is 1.74. The van der Waals surface area contributed by atoms with Gasteiger partial charge < -0.3 is 72.1 Å². The van der Waals surface area contributed by atoms with Crippen molar-refractivity contribution in [1.82, 2.24) is 10.6 Å². The van der Waals surface area contributed by atoms with Crippen molar-refractivity contribution in [3.63, 3.8) is 0 Å². The molecule has 1 aliphatic carbocycles. The molecule has 0 amide bonds. The Hall–Kier alpha value is -1.25. The number of hydrogen-bond acceptors (Lipinski definition) is 14. The van der Waals surface area contributed by atoms with Gasteiger partial charge in [0.2, 0.25) is 0 Å². The summed E-state index contributed by atoms with van der Waals surface area (Å²) in [6.45, 7) is 1.29. The van der Waals surface area contributed by atoms with Crippen LogP contribution in [0, 0.1) is 5.41 Å². The Kier molecular flexibility index (Phi) is 9.01. The lowest BCUT2D eigenvalue weighted by Gasteiger charge is -2.46. The second-order valence-corrected chi connectivity index (χ2v) is 8.84. The van der Waals surface area contributed by atoms with Crippen LogP contribution in [0.15, 0.2) is 0 Å². The van der Waals surface area contributed by atoms with Gasteiger partial charge in [0.1, 0.15) is 42.9 Å². The number of nitrogens with one attached hydrogen (secondary N) is 3. The van der Waals surface area contributed by atoms with E-state index in [1.165, 1.54) is 6.92 Å². The molecule has 2 heterocycles. The van der Waals surface area contributed by atoms with Crippen LogP contribution in [-0.2, 0) is 18.9 Å². The number of hydrogen-bond donors (Lipinski definition) is 12. The minimum absolute atomic E-state index is 0.0869. The predicted molar refractivity (Wildman–Crippen MR) is 112 cm³/mol. The molecule has 0 aromatic heterocycles. The van der Waals surface area contributed by atoms with Gasteiger partial charge in [-0.1, -0.05) is 0 Å². The second-order valence-electron chi connectivity index (χ2n) is 8.84. The van der Waals surface area contributed by atoms with E-state index in [2.05, 4.69) is 10.6 Å². The summed E-state index contributed by atoms with van der Waals surface area (Å²) in [7, 11) is 0. The maximum Gasteiger partial charge on any atom is 0.198 e. The molecule has 34 heavy (non-hydrogen) atoms. The largest absolute Gasteiger partial charge is 0.391 e. The van der Waals surface area contributed by atoms with Crippen molar-refractivity contribution in [2.24, 2.45) is 17.2 Å². The third-order valence-electron chi connectivity index (χ3n) is 6.14. The Labute approximate surface area is 195 Å². The van der Waals surface area contributed by atoms with Gasteiger partial charge in [-0.2, -0.15) is 0 Å². The van der Waals surface area contributed by atoms with E-state index in [4.69, 9.17) is 41.6 Å². The Morgan fingerprint density at radius 1 is 1.00 bits per heavy atom. The van der Waals surface area contributed by atoms with Gasteiger partial charge in [0.05, 0.1) is 12.2 Å². The summed E-state index contributed by atoms with van der Waals surface area (Å²) in [6.07, 6.45) is -15.5. The van der Waals surface area contributed by atoms with Crippen LogP contribution in [0.1, 0.15) is 13.3 Å². The summed E-state index contributed by atoms with van der Waals surface area (Å²) in [6, 6.07) is -1.63. The Morgan fingerprint density at radius 3 is 2.26 bits per heavy atom. The molecule has 1 saturated carbocycles. The van der Waals surface area contributed by atoms with E-state index in [1.807, 2.05) is 0 Å². The third-order valence-corrected chi connectivity index (χ3v) is 6.14. The monoisotopic (exact) mass is 496 g/mol. The molecule has 16 heteroatoms. The summed E-state index contributed by atoms with van der Waals surface area (Å²) in [5.74, 6) is -0.358. The highest BCUT2D eigenvalue weighted by Gasteiger charge is 2.51. The van der Waals surface area contributed by atoms with Crippen molar-refractivity contribution in [1.29, 1.82) is 5.41 Å². The fourth-order valence-electron chi connectivity index (χ4n) is 4.26. The molecule has 3 aliphatic rings. The van der Waals surface area contributed by atoms with Crippen LogP contribution in [0.3, 0.4) is 0 Å². The minimum atomic E-state index is -1.52. The maximum absolute atomic E-state index is 10.7. The molecule has 2 aliphatic heterocycles. The molecule has 2 saturated heterocycles. The number of morpholine rings is 1. The number of guanidine groups is 1. The van der Waals surface area contributed by atoms with E-state index in [0.29, 0.717) is 0 Å². The van der Waals surface area contributed by atoms with Crippen LogP contribution < -0.4 is 27.8 Å². The fourth-order valence-corrected chi connectivity index (χ4v) is 4.26. The summed E-state index contributed by atoms with van der Waals surface area (Å²) >= 11 is 0. The van der Waals surface area contributed by atoms with E-state index in [9.17, 15) is 30.6 Å². The zero-order chi connectivity index (χ0) is 25.3. The average molecular weight is 497 g/mol. The molecule has 3 rings (SSSR count). The van der Waals surface area contributed by atoms with Crippen LogP contribution in [-0.4, -0.2) is 129 Å². The van der Waals surface area contributed by atoms with Gasteiger partial charge >= 0.3 is 0 Å². The van der Waals surface area contributed by atoms with Gasteiger partial charge in [0.25, 0.3) is 0 Å². The molecule has 0 bridgehead atoms. The first kappa shape index (κ1) is 27.3. The quantitative estimate of drug-likeness (QED) is 0.115.